The minimum Gasteiger partial charge on any atom is -0.369 e. The van der Waals surface area contributed by atoms with Crippen molar-refractivity contribution in [1.29, 1.82) is 0 Å². The lowest BCUT2D eigenvalue weighted by Gasteiger charge is -2.06. The van der Waals surface area contributed by atoms with Gasteiger partial charge in [-0.05, 0) is 46.1 Å². The normalized spacial score (nSPS) is 11.1. The summed E-state index contributed by atoms with van der Waals surface area (Å²) in [5, 5.41) is 0.743. The molecule has 0 aliphatic carbocycles. The number of nitrogens with zero attached hydrogens (tertiary/aromatic N) is 3. The Hall–Kier alpha value is -1.59. The number of hydrogen-bond acceptors (Lipinski definition) is 3. The molecule has 0 saturated heterocycles. The molecule has 0 spiro atoms. The summed E-state index contributed by atoms with van der Waals surface area (Å²) in [6.45, 7) is 0.735. The fourth-order valence-corrected chi connectivity index (χ4v) is 2.56. The van der Waals surface area contributed by atoms with E-state index in [2.05, 4.69) is 25.9 Å². The van der Waals surface area contributed by atoms with E-state index in [-0.39, 0.29) is 0 Å². The van der Waals surface area contributed by atoms with E-state index in [0.29, 0.717) is 5.95 Å². The van der Waals surface area contributed by atoms with E-state index in [1.807, 2.05) is 34.9 Å². The van der Waals surface area contributed by atoms with Crippen LogP contribution in [-0.4, -0.2) is 14.5 Å². The Morgan fingerprint density at radius 3 is 2.75 bits per heavy atom. The van der Waals surface area contributed by atoms with Gasteiger partial charge in [0.25, 0.3) is 0 Å². The molecule has 4 nitrogen and oxygen atoms in total. The second kappa shape index (κ2) is 5.42. The molecule has 0 aliphatic heterocycles. The number of hydrogen-bond donors (Lipinski definition) is 1. The number of anilines is 1. The summed E-state index contributed by atoms with van der Waals surface area (Å²) < 4.78 is 2.82. The highest BCUT2D eigenvalue weighted by molar-refractivity contribution is 9.10. The van der Waals surface area contributed by atoms with Crippen LogP contribution in [0.1, 0.15) is 5.56 Å². The molecule has 0 saturated carbocycles. The van der Waals surface area contributed by atoms with Gasteiger partial charge in [-0.3, -0.25) is 4.57 Å². The van der Waals surface area contributed by atoms with Crippen molar-refractivity contribution in [1.82, 2.24) is 14.5 Å². The third-order valence-corrected chi connectivity index (χ3v) is 3.80. The number of benzene rings is 1. The molecule has 20 heavy (non-hydrogen) atoms. The summed E-state index contributed by atoms with van der Waals surface area (Å²) in [6, 6.07) is 9.73. The van der Waals surface area contributed by atoms with Gasteiger partial charge in [0, 0.05) is 22.2 Å². The molecule has 0 fully saturated rings. The van der Waals surface area contributed by atoms with E-state index < -0.39 is 0 Å². The van der Waals surface area contributed by atoms with Crippen LogP contribution in [0, 0.1) is 0 Å². The SMILES string of the molecule is Nc1nc2cc(Br)cnc2n1CCc1ccc(Cl)cc1. The fraction of sp³-hybridized carbons (Fsp3) is 0.143. The summed E-state index contributed by atoms with van der Waals surface area (Å²) in [7, 11) is 0. The Morgan fingerprint density at radius 1 is 1.25 bits per heavy atom. The molecule has 2 aromatic heterocycles. The standard InChI is InChI=1S/C14H12BrClN4/c15-10-7-12-13(18-8-10)20(14(17)19-12)6-5-9-1-3-11(16)4-2-9/h1-4,7-8H,5-6H2,(H2,17,19). The van der Waals surface area contributed by atoms with Gasteiger partial charge >= 0.3 is 0 Å². The van der Waals surface area contributed by atoms with Crippen LogP contribution < -0.4 is 5.73 Å². The van der Waals surface area contributed by atoms with Gasteiger partial charge in [0.1, 0.15) is 5.52 Å². The van der Waals surface area contributed by atoms with Gasteiger partial charge in [-0.25, -0.2) is 9.97 Å². The molecule has 2 N–H and O–H groups in total. The summed E-state index contributed by atoms with van der Waals surface area (Å²) in [5.41, 5.74) is 8.77. The van der Waals surface area contributed by atoms with E-state index >= 15 is 0 Å². The molecule has 0 unspecified atom stereocenters. The van der Waals surface area contributed by atoms with Crippen molar-refractivity contribution in [3.63, 3.8) is 0 Å². The molecule has 102 valence electrons. The molecule has 1 aromatic carbocycles. The predicted octanol–water partition coefficient (Wildman–Crippen LogP) is 3.67. The number of pyridine rings is 1. The zero-order valence-corrected chi connectivity index (χ0v) is 12.9. The third-order valence-electron chi connectivity index (χ3n) is 3.12. The Bertz CT molecular complexity index is 752. The fourth-order valence-electron chi connectivity index (χ4n) is 2.12. The van der Waals surface area contributed by atoms with Crippen molar-refractivity contribution in [2.45, 2.75) is 13.0 Å². The molecule has 3 aromatic rings. The van der Waals surface area contributed by atoms with Crippen LogP contribution in [0.5, 0.6) is 0 Å². The Morgan fingerprint density at radius 2 is 2.00 bits per heavy atom. The number of nitrogens with two attached hydrogens (primary N) is 1. The number of aromatic nitrogens is 3. The van der Waals surface area contributed by atoms with Gasteiger partial charge in [0.05, 0.1) is 0 Å². The van der Waals surface area contributed by atoms with Crippen LogP contribution >= 0.6 is 27.5 Å². The third kappa shape index (κ3) is 2.64. The Labute approximate surface area is 129 Å². The summed E-state index contributed by atoms with van der Waals surface area (Å²) in [4.78, 5) is 8.71. The van der Waals surface area contributed by atoms with Gasteiger partial charge in [-0.1, -0.05) is 23.7 Å². The zero-order chi connectivity index (χ0) is 14.1. The van der Waals surface area contributed by atoms with Crippen molar-refractivity contribution < 1.29 is 0 Å². The molecule has 3 rings (SSSR count). The molecule has 6 heteroatoms. The monoisotopic (exact) mass is 350 g/mol. The second-order valence-electron chi connectivity index (χ2n) is 4.49. The van der Waals surface area contributed by atoms with Crippen LogP contribution in [0.2, 0.25) is 5.02 Å². The number of fused-ring (bicyclic) bond motifs is 1. The van der Waals surface area contributed by atoms with E-state index in [1.165, 1.54) is 5.56 Å². The number of imidazole rings is 1. The summed E-state index contributed by atoms with van der Waals surface area (Å²) >= 11 is 9.26. The molecular formula is C14H12BrClN4. The molecule has 0 aliphatic rings. The number of halogens is 2. The first-order valence-electron chi connectivity index (χ1n) is 6.15. The van der Waals surface area contributed by atoms with Crippen molar-refractivity contribution in [3.05, 3.63) is 51.6 Å². The second-order valence-corrected chi connectivity index (χ2v) is 5.85. The van der Waals surface area contributed by atoms with Crippen molar-refractivity contribution in [3.8, 4) is 0 Å². The smallest absolute Gasteiger partial charge is 0.202 e. The molecular weight excluding hydrogens is 340 g/mol. The van der Waals surface area contributed by atoms with E-state index in [9.17, 15) is 0 Å². The first kappa shape index (κ1) is 13.4. The lowest BCUT2D eigenvalue weighted by Crippen LogP contribution is -2.06. The maximum absolute atomic E-state index is 5.97. The maximum Gasteiger partial charge on any atom is 0.202 e. The molecule has 0 radical (unpaired) electrons. The first-order valence-corrected chi connectivity index (χ1v) is 7.32. The maximum atomic E-state index is 5.97. The van der Waals surface area contributed by atoms with E-state index in [4.69, 9.17) is 17.3 Å². The lowest BCUT2D eigenvalue weighted by molar-refractivity contribution is 0.720. The van der Waals surface area contributed by atoms with Crippen molar-refractivity contribution in [2.24, 2.45) is 0 Å². The number of rotatable bonds is 3. The molecule has 0 atom stereocenters. The summed E-state index contributed by atoms with van der Waals surface area (Å²) in [5.74, 6) is 0.486. The molecule has 0 bridgehead atoms. The quantitative estimate of drug-likeness (QED) is 0.783. The Balaban J connectivity index is 1.87. The first-order chi connectivity index (χ1) is 9.63. The van der Waals surface area contributed by atoms with E-state index in [1.54, 1.807) is 6.20 Å². The van der Waals surface area contributed by atoms with Crippen molar-refractivity contribution >= 4 is 44.6 Å². The zero-order valence-electron chi connectivity index (χ0n) is 10.6. The highest BCUT2D eigenvalue weighted by Crippen LogP contribution is 2.20. The van der Waals surface area contributed by atoms with Crippen LogP contribution in [0.15, 0.2) is 41.0 Å². The van der Waals surface area contributed by atoms with Crippen LogP contribution in [-0.2, 0) is 13.0 Å². The van der Waals surface area contributed by atoms with Crippen LogP contribution in [0.25, 0.3) is 11.2 Å². The Kier molecular flexibility index (Phi) is 3.63. The van der Waals surface area contributed by atoms with Crippen molar-refractivity contribution in [2.75, 3.05) is 5.73 Å². The minimum atomic E-state index is 0.486. The van der Waals surface area contributed by atoms with Gasteiger partial charge < -0.3 is 5.73 Å². The highest BCUT2D eigenvalue weighted by Gasteiger charge is 2.09. The largest absolute Gasteiger partial charge is 0.369 e. The van der Waals surface area contributed by atoms with Gasteiger partial charge in [0.15, 0.2) is 5.65 Å². The molecule has 2 heterocycles. The minimum absolute atomic E-state index is 0.486. The number of aryl methyl sites for hydroxylation is 2. The van der Waals surface area contributed by atoms with Gasteiger partial charge in [-0.15, -0.1) is 0 Å². The van der Waals surface area contributed by atoms with E-state index in [0.717, 1.165) is 33.6 Å². The predicted molar refractivity (Wildman–Crippen MR) is 84.8 cm³/mol. The highest BCUT2D eigenvalue weighted by atomic mass is 79.9. The van der Waals surface area contributed by atoms with Gasteiger partial charge in [-0.2, -0.15) is 0 Å². The lowest BCUT2D eigenvalue weighted by atomic mass is 10.1. The van der Waals surface area contributed by atoms with Gasteiger partial charge in [0.2, 0.25) is 5.95 Å². The van der Waals surface area contributed by atoms with Crippen LogP contribution in [0.4, 0.5) is 5.95 Å². The topological polar surface area (TPSA) is 56.7 Å². The molecule has 0 amide bonds. The average Bonchev–Trinajstić information content (AvgIpc) is 2.73. The van der Waals surface area contributed by atoms with Crippen LogP contribution in [0.3, 0.4) is 0 Å². The number of nitrogen functional groups attached to an aromatic ring is 1. The average molecular weight is 352 g/mol. The summed E-state index contributed by atoms with van der Waals surface area (Å²) in [6.07, 6.45) is 2.60.